The Hall–Kier alpha value is -3.17. The second-order valence-corrected chi connectivity index (χ2v) is 12.0. The maximum Gasteiger partial charge on any atom is 0.339 e. The van der Waals surface area contributed by atoms with E-state index in [2.05, 4.69) is 55.7 Å². The fourth-order valence-electron chi connectivity index (χ4n) is 3.81. The summed E-state index contributed by atoms with van der Waals surface area (Å²) in [7, 11) is 2.93. The van der Waals surface area contributed by atoms with E-state index in [9.17, 15) is 14.7 Å². The van der Waals surface area contributed by atoms with E-state index in [4.69, 9.17) is 26.4 Å². The lowest BCUT2D eigenvalue weighted by molar-refractivity contribution is -0.154. The molecule has 9 heteroatoms. The molecule has 0 saturated heterocycles. The van der Waals surface area contributed by atoms with Crippen LogP contribution in [0.3, 0.4) is 0 Å². The Morgan fingerprint density at radius 2 is 1.64 bits per heavy atom. The lowest BCUT2D eigenvalue weighted by Gasteiger charge is -2.24. The van der Waals surface area contributed by atoms with Crippen LogP contribution in [0.5, 0.6) is 5.75 Å². The third-order valence-electron chi connectivity index (χ3n) is 6.21. The molecule has 2 rings (SSSR count). The summed E-state index contributed by atoms with van der Waals surface area (Å²) in [5.74, 6) is -1.15. The zero-order valence-corrected chi connectivity index (χ0v) is 25.0. The molecule has 0 spiro atoms. The number of methoxy groups -OCH3 is 2. The highest BCUT2D eigenvalue weighted by atomic mass is 32.1. The van der Waals surface area contributed by atoms with Crippen LogP contribution in [0.4, 0.5) is 0 Å². The van der Waals surface area contributed by atoms with E-state index in [1.165, 1.54) is 25.8 Å². The van der Waals surface area contributed by atoms with Gasteiger partial charge in [-0.1, -0.05) is 51.1 Å². The van der Waals surface area contributed by atoms with Gasteiger partial charge in [-0.2, -0.15) is 0 Å². The average molecular weight is 559 g/mol. The molecule has 39 heavy (non-hydrogen) atoms. The number of thiocarbonyl (C=S) groups is 1. The van der Waals surface area contributed by atoms with Gasteiger partial charge in [-0.25, -0.2) is 4.79 Å². The van der Waals surface area contributed by atoms with Crippen molar-refractivity contribution in [2.75, 3.05) is 27.4 Å². The van der Waals surface area contributed by atoms with E-state index in [0.29, 0.717) is 23.6 Å². The smallest absolute Gasteiger partial charge is 0.339 e. The van der Waals surface area contributed by atoms with Crippen LogP contribution in [-0.2, 0) is 26.1 Å². The number of esters is 1. The molecule has 0 bridgehead atoms. The number of hydrogen-bond donors (Lipinski definition) is 3. The zero-order chi connectivity index (χ0) is 29.4. The molecule has 0 fully saturated rings. The molecule has 8 nitrogen and oxygen atoms in total. The summed E-state index contributed by atoms with van der Waals surface area (Å²) in [6.07, 6.45) is 0.0581. The predicted molar refractivity (Wildman–Crippen MR) is 156 cm³/mol. The van der Waals surface area contributed by atoms with E-state index in [1.807, 2.05) is 20.8 Å². The second kappa shape index (κ2) is 13.8. The number of carboxylic acid groups (broad SMARTS) is 1. The molecule has 2 unspecified atom stereocenters. The van der Waals surface area contributed by atoms with Crippen molar-refractivity contribution in [2.45, 2.75) is 59.6 Å². The number of aromatic carboxylic acids is 1. The molecular formula is C30H42N2O6S. The van der Waals surface area contributed by atoms with Crippen molar-refractivity contribution in [3.63, 3.8) is 0 Å². The Kier molecular flexibility index (Phi) is 11.3. The Balaban J connectivity index is 2.10. The molecule has 0 heterocycles. The van der Waals surface area contributed by atoms with Gasteiger partial charge in [0.2, 0.25) is 0 Å². The minimum atomic E-state index is -1.08. The van der Waals surface area contributed by atoms with Gasteiger partial charge in [-0.05, 0) is 68.1 Å². The van der Waals surface area contributed by atoms with Crippen LogP contribution < -0.4 is 15.4 Å². The minimum absolute atomic E-state index is 0.0347. The quantitative estimate of drug-likeness (QED) is 0.194. The minimum Gasteiger partial charge on any atom is -0.496 e. The van der Waals surface area contributed by atoms with Gasteiger partial charge in [0, 0.05) is 25.1 Å². The number of rotatable bonds is 11. The van der Waals surface area contributed by atoms with Gasteiger partial charge in [-0.15, -0.1) is 0 Å². The van der Waals surface area contributed by atoms with Crippen molar-refractivity contribution < 1.29 is 28.9 Å². The highest BCUT2D eigenvalue weighted by Crippen LogP contribution is 2.25. The third kappa shape index (κ3) is 9.82. The summed E-state index contributed by atoms with van der Waals surface area (Å²) < 4.78 is 16.4. The van der Waals surface area contributed by atoms with Crippen molar-refractivity contribution in [3.05, 3.63) is 64.7 Å². The highest BCUT2D eigenvalue weighted by Gasteiger charge is 2.25. The van der Waals surface area contributed by atoms with Gasteiger partial charge in [-0.3, -0.25) is 4.79 Å². The van der Waals surface area contributed by atoms with Crippen molar-refractivity contribution in [3.8, 4) is 5.75 Å². The monoisotopic (exact) mass is 558 g/mol. The molecule has 0 saturated carbocycles. The Morgan fingerprint density at radius 1 is 1.00 bits per heavy atom. The van der Waals surface area contributed by atoms with Gasteiger partial charge in [0.05, 0.1) is 19.1 Å². The molecule has 0 aromatic heterocycles. The lowest BCUT2D eigenvalue weighted by atomic mass is 9.86. The summed E-state index contributed by atoms with van der Waals surface area (Å²) >= 11 is 5.53. The number of carboxylic acids is 1. The number of carbonyl (C=O) groups excluding carboxylic acids is 1. The molecule has 0 aliphatic carbocycles. The van der Waals surface area contributed by atoms with Gasteiger partial charge < -0.3 is 30.0 Å². The summed E-state index contributed by atoms with van der Waals surface area (Å²) in [6, 6.07) is 13.2. The molecule has 0 aliphatic heterocycles. The molecule has 2 atom stereocenters. The van der Waals surface area contributed by atoms with Gasteiger partial charge in [0.25, 0.3) is 0 Å². The molecular weight excluding hydrogens is 516 g/mol. The van der Waals surface area contributed by atoms with E-state index >= 15 is 0 Å². The standard InChI is InChI=1S/C30H42N2O6S/c1-29(2,3)22-12-9-19(10-13-22)15-20(18-38-27(35)30(4,5)6)17-31-28(39)32-25(37-8)21-11-14-23(26(33)34)24(16-21)36-7/h9-14,16,20,25H,15,17-18H2,1-8H3,(H,33,34)(H2,31,32,39). The maximum atomic E-state index is 12.4. The molecule has 2 aromatic rings. The highest BCUT2D eigenvalue weighted by molar-refractivity contribution is 7.80. The molecule has 214 valence electrons. The van der Waals surface area contributed by atoms with Crippen LogP contribution in [-0.4, -0.2) is 49.5 Å². The first-order valence-corrected chi connectivity index (χ1v) is 13.3. The molecule has 0 aliphatic rings. The summed E-state index contributed by atoms with van der Waals surface area (Å²) in [4.78, 5) is 23.8. The lowest BCUT2D eigenvalue weighted by Crippen LogP contribution is -2.42. The second-order valence-electron chi connectivity index (χ2n) is 11.6. The van der Waals surface area contributed by atoms with Crippen LogP contribution >= 0.6 is 12.2 Å². The normalized spacial score (nSPS) is 13.2. The maximum absolute atomic E-state index is 12.4. The van der Waals surface area contributed by atoms with Crippen molar-refractivity contribution >= 4 is 29.3 Å². The summed E-state index contributed by atoms with van der Waals surface area (Å²) in [6.45, 7) is 12.7. The van der Waals surface area contributed by atoms with Crippen LogP contribution in [0.1, 0.15) is 74.8 Å². The molecule has 2 aromatic carbocycles. The fraction of sp³-hybridized carbons (Fsp3) is 0.500. The van der Waals surface area contributed by atoms with Crippen LogP contribution in [0.15, 0.2) is 42.5 Å². The number of ether oxygens (including phenoxy) is 3. The predicted octanol–water partition coefficient (Wildman–Crippen LogP) is 5.25. The summed E-state index contributed by atoms with van der Waals surface area (Å²) in [5, 5.41) is 16.0. The first kappa shape index (κ1) is 32.0. The Labute approximate surface area is 237 Å². The largest absolute Gasteiger partial charge is 0.496 e. The van der Waals surface area contributed by atoms with Crippen LogP contribution in [0.2, 0.25) is 0 Å². The average Bonchev–Trinajstić information content (AvgIpc) is 2.87. The van der Waals surface area contributed by atoms with E-state index in [0.717, 1.165) is 5.56 Å². The van der Waals surface area contributed by atoms with Crippen LogP contribution in [0, 0.1) is 11.3 Å². The number of carbonyl (C=O) groups is 2. The molecule has 0 amide bonds. The van der Waals surface area contributed by atoms with Crippen LogP contribution in [0.25, 0.3) is 0 Å². The molecule has 3 N–H and O–H groups in total. The number of nitrogens with one attached hydrogen (secondary N) is 2. The van der Waals surface area contributed by atoms with Gasteiger partial charge in [0.15, 0.2) is 11.3 Å². The fourth-order valence-corrected chi connectivity index (χ4v) is 4.00. The van der Waals surface area contributed by atoms with E-state index in [-0.39, 0.29) is 35.2 Å². The first-order valence-electron chi connectivity index (χ1n) is 12.9. The van der Waals surface area contributed by atoms with Crippen molar-refractivity contribution in [2.24, 2.45) is 11.3 Å². The number of hydrogen-bond acceptors (Lipinski definition) is 6. The Morgan fingerprint density at radius 3 is 2.15 bits per heavy atom. The molecule has 0 radical (unpaired) electrons. The number of benzene rings is 2. The van der Waals surface area contributed by atoms with E-state index < -0.39 is 17.6 Å². The zero-order valence-electron chi connectivity index (χ0n) is 24.2. The third-order valence-corrected chi connectivity index (χ3v) is 6.48. The summed E-state index contributed by atoms with van der Waals surface area (Å²) in [5.41, 5.74) is 2.57. The van der Waals surface area contributed by atoms with Crippen molar-refractivity contribution in [1.29, 1.82) is 0 Å². The Bertz CT molecular complexity index is 1140. The first-order chi connectivity index (χ1) is 18.1. The topological polar surface area (TPSA) is 106 Å². The van der Waals surface area contributed by atoms with E-state index in [1.54, 1.807) is 12.1 Å². The van der Waals surface area contributed by atoms with Crippen molar-refractivity contribution in [1.82, 2.24) is 10.6 Å². The van der Waals surface area contributed by atoms with Gasteiger partial charge in [0.1, 0.15) is 11.3 Å². The SMILES string of the molecule is COc1cc(C(NC(=S)NCC(COC(=O)C(C)(C)C)Cc2ccc(C(C)(C)C)cc2)OC)ccc1C(=O)O. The van der Waals surface area contributed by atoms with Gasteiger partial charge >= 0.3 is 11.9 Å².